The number of rotatable bonds is 6. The molecule has 0 atom stereocenters. The van der Waals surface area contributed by atoms with E-state index in [0.717, 1.165) is 10.0 Å². The van der Waals surface area contributed by atoms with Crippen molar-refractivity contribution in [3.63, 3.8) is 0 Å². The van der Waals surface area contributed by atoms with Gasteiger partial charge in [0, 0.05) is 6.42 Å². The van der Waals surface area contributed by atoms with Gasteiger partial charge in [-0.15, -0.1) is 0 Å². The number of alkyl halides is 1. The zero-order chi connectivity index (χ0) is 12.7. The molecule has 0 bridgehead atoms. The lowest BCUT2D eigenvalue weighted by molar-refractivity contribution is -0.477. The minimum Gasteiger partial charge on any atom is -0.492 e. The van der Waals surface area contributed by atoms with Crippen molar-refractivity contribution in [1.29, 1.82) is 0 Å². The Morgan fingerprint density at radius 2 is 2.11 bits per heavy atom. The normalized spacial score (nSPS) is 9.44. The maximum Gasteiger partial charge on any atom is 0.339 e. The maximum atomic E-state index is 11.9. The predicted molar refractivity (Wildman–Crippen MR) is 75.0 cm³/mol. The summed E-state index contributed by atoms with van der Waals surface area (Å²) < 4.78 is 18.1. The number of hydrogen-bond acceptors (Lipinski definition) is 1. The number of ether oxygens (including phenoxy) is 1. The molecular formula is C12H20BrFN3O+. The molecule has 4 nitrogen and oxygen atoms in total. The molecule has 0 fully saturated rings. The second kappa shape index (κ2) is 8.74. The van der Waals surface area contributed by atoms with E-state index in [1.54, 1.807) is 0 Å². The lowest BCUT2D eigenvalue weighted by atomic mass is 10.2. The molecule has 0 heterocycles. The van der Waals surface area contributed by atoms with Gasteiger partial charge in [-0.1, -0.05) is 13.5 Å². The molecule has 1 aromatic carbocycles. The fourth-order valence-corrected chi connectivity index (χ4v) is 1.75. The molecule has 102 valence electrons. The molecule has 0 aliphatic carbocycles. The van der Waals surface area contributed by atoms with Crippen LogP contribution in [0.25, 0.3) is 0 Å². The summed E-state index contributed by atoms with van der Waals surface area (Å²) in [5, 5.41) is 0. The Labute approximate surface area is 115 Å². The lowest BCUT2D eigenvalue weighted by Crippen LogP contribution is -2.76. The van der Waals surface area contributed by atoms with Crippen molar-refractivity contribution in [3.05, 3.63) is 28.2 Å². The van der Waals surface area contributed by atoms with Gasteiger partial charge in [0.1, 0.15) is 5.75 Å². The first-order chi connectivity index (χ1) is 8.13. The third-order valence-electron chi connectivity index (χ3n) is 2.03. The van der Waals surface area contributed by atoms with E-state index >= 15 is 0 Å². The lowest BCUT2D eigenvalue weighted by Gasteiger charge is -2.08. The number of nitrogens with one attached hydrogen (secondary N) is 1. The zero-order valence-corrected chi connectivity index (χ0v) is 11.0. The fraction of sp³-hybridized carbons (Fsp3) is 0.417. The summed E-state index contributed by atoms with van der Waals surface area (Å²) in [4.78, 5) is 2.82. The number of hydrogen-bond donors (Lipinski definition) is 3. The van der Waals surface area contributed by atoms with Gasteiger partial charge < -0.3 is 4.74 Å². The SMILES string of the molecule is C.NC(N)=[NH+]Cc1ccc(OCCC[18F])c(Br)c1. The van der Waals surface area contributed by atoms with Gasteiger partial charge in [-0.3, -0.25) is 20.9 Å². The predicted octanol–water partition coefficient (Wildman–Crippen LogP) is 0.678. The van der Waals surface area contributed by atoms with Crippen molar-refractivity contribution >= 4 is 21.9 Å². The van der Waals surface area contributed by atoms with Crippen LogP contribution in [0.5, 0.6) is 5.75 Å². The molecule has 1 rings (SSSR count). The van der Waals surface area contributed by atoms with E-state index in [4.69, 9.17) is 16.2 Å². The molecular weight excluding hydrogens is 300 g/mol. The van der Waals surface area contributed by atoms with Crippen molar-refractivity contribution in [2.45, 2.75) is 20.4 Å². The molecule has 0 aromatic heterocycles. The van der Waals surface area contributed by atoms with Crippen LogP contribution >= 0.6 is 15.9 Å². The largest absolute Gasteiger partial charge is 0.492 e. The Kier molecular flexibility index (Phi) is 8.11. The van der Waals surface area contributed by atoms with Gasteiger partial charge in [0.2, 0.25) is 0 Å². The van der Waals surface area contributed by atoms with Crippen LogP contribution in [0.4, 0.5) is 4.39 Å². The van der Waals surface area contributed by atoms with Crippen LogP contribution in [0.1, 0.15) is 19.4 Å². The topological polar surface area (TPSA) is 75.2 Å². The van der Waals surface area contributed by atoms with E-state index < -0.39 is 0 Å². The van der Waals surface area contributed by atoms with Gasteiger partial charge in [0.05, 0.1) is 24.3 Å². The van der Waals surface area contributed by atoms with Crippen molar-refractivity contribution in [2.75, 3.05) is 13.3 Å². The fourth-order valence-electron chi connectivity index (χ4n) is 1.21. The van der Waals surface area contributed by atoms with Crippen molar-refractivity contribution in [3.8, 4) is 5.75 Å². The van der Waals surface area contributed by atoms with E-state index in [9.17, 15) is 4.39 Å². The minimum atomic E-state index is -0.370. The van der Waals surface area contributed by atoms with Crippen molar-refractivity contribution < 1.29 is 14.1 Å². The highest BCUT2D eigenvalue weighted by molar-refractivity contribution is 9.10. The average Bonchev–Trinajstić information content (AvgIpc) is 2.29. The Balaban J connectivity index is 0.00000289. The number of benzene rings is 1. The summed E-state index contributed by atoms with van der Waals surface area (Å²) in [5.41, 5.74) is 11.6. The smallest absolute Gasteiger partial charge is 0.339 e. The van der Waals surface area contributed by atoms with Crippen LogP contribution in [0, 0.1) is 0 Å². The third kappa shape index (κ3) is 5.86. The number of guanidine groups is 1. The second-order valence-corrected chi connectivity index (χ2v) is 4.32. The van der Waals surface area contributed by atoms with E-state index in [2.05, 4.69) is 20.9 Å². The Bertz CT molecular complexity index is 395. The Hall–Kier alpha value is -1.30. The molecule has 0 unspecified atom stereocenters. The minimum absolute atomic E-state index is 0. The highest BCUT2D eigenvalue weighted by atomic mass is 79.9. The van der Waals surface area contributed by atoms with Gasteiger partial charge in [-0.25, -0.2) is 0 Å². The van der Waals surface area contributed by atoms with Gasteiger partial charge in [0.25, 0.3) is 0 Å². The Morgan fingerprint density at radius 3 is 2.67 bits per heavy atom. The van der Waals surface area contributed by atoms with E-state index in [-0.39, 0.29) is 20.1 Å². The van der Waals surface area contributed by atoms with E-state index in [0.29, 0.717) is 25.3 Å². The quantitative estimate of drug-likeness (QED) is 0.410. The van der Waals surface area contributed by atoms with Crippen LogP contribution < -0.4 is 21.2 Å². The van der Waals surface area contributed by atoms with Gasteiger partial charge in [-0.05, 0) is 33.6 Å². The first kappa shape index (κ1) is 16.7. The van der Waals surface area contributed by atoms with Gasteiger partial charge in [-0.2, -0.15) is 0 Å². The summed E-state index contributed by atoms with van der Waals surface area (Å²) in [6.45, 7) is 0.549. The summed E-state index contributed by atoms with van der Waals surface area (Å²) in [6, 6.07) is 5.62. The molecule has 0 aliphatic rings. The second-order valence-electron chi connectivity index (χ2n) is 3.46. The summed E-state index contributed by atoms with van der Waals surface area (Å²) >= 11 is 3.39. The Morgan fingerprint density at radius 1 is 1.39 bits per heavy atom. The molecule has 0 saturated heterocycles. The molecule has 18 heavy (non-hydrogen) atoms. The van der Waals surface area contributed by atoms with Crippen LogP contribution in [-0.2, 0) is 6.54 Å². The van der Waals surface area contributed by atoms with E-state index in [1.807, 2.05) is 18.2 Å². The molecule has 6 heteroatoms. The average molecular weight is 320 g/mol. The summed E-state index contributed by atoms with van der Waals surface area (Å²) in [6.07, 6.45) is 0.397. The van der Waals surface area contributed by atoms with Crippen LogP contribution in [0.2, 0.25) is 0 Å². The molecule has 0 spiro atoms. The van der Waals surface area contributed by atoms with Crippen LogP contribution in [0.3, 0.4) is 0 Å². The molecule has 0 radical (unpaired) electrons. The number of halogens is 2. The molecule has 0 amide bonds. The molecule has 1 aromatic rings. The van der Waals surface area contributed by atoms with Crippen LogP contribution in [-0.4, -0.2) is 19.2 Å². The number of nitrogens with two attached hydrogens (primary N) is 2. The first-order valence-corrected chi connectivity index (χ1v) is 6.01. The third-order valence-corrected chi connectivity index (χ3v) is 2.65. The first-order valence-electron chi connectivity index (χ1n) is 5.22. The van der Waals surface area contributed by atoms with E-state index in [1.165, 1.54) is 0 Å². The van der Waals surface area contributed by atoms with Gasteiger partial charge >= 0.3 is 5.96 Å². The molecule has 5 N–H and O–H groups in total. The molecule has 0 aliphatic heterocycles. The summed E-state index contributed by atoms with van der Waals surface area (Å²) in [7, 11) is 0. The van der Waals surface area contributed by atoms with Crippen molar-refractivity contribution in [1.82, 2.24) is 0 Å². The molecule has 0 saturated carbocycles. The standard InChI is InChI=1S/C11H15BrFN3O.CH4/c12-9-6-8(7-16-11(14)15)2-3-10(9)17-5-1-4-13;/h2-3,6H,1,4-5,7H2,(H4,14,15,16);1H4/p+1/i13-1;. The van der Waals surface area contributed by atoms with Gasteiger partial charge in [0.15, 0.2) is 0 Å². The van der Waals surface area contributed by atoms with Crippen LogP contribution in [0.15, 0.2) is 22.7 Å². The zero-order valence-electron chi connectivity index (χ0n) is 9.38. The monoisotopic (exact) mass is 319 g/mol. The summed E-state index contributed by atoms with van der Waals surface area (Å²) in [5.74, 6) is 0.885. The van der Waals surface area contributed by atoms with Crippen molar-refractivity contribution in [2.24, 2.45) is 11.5 Å². The maximum absolute atomic E-state index is 11.9. The highest BCUT2D eigenvalue weighted by Gasteiger charge is 2.03. The highest BCUT2D eigenvalue weighted by Crippen LogP contribution is 2.25.